The molecule has 0 amide bonds. The van der Waals surface area contributed by atoms with Gasteiger partial charge in [-0.2, -0.15) is 0 Å². The first-order valence-corrected chi connectivity index (χ1v) is 7.60. The highest BCUT2D eigenvalue weighted by Gasteiger charge is 2.18. The molecule has 1 aromatic heterocycles. The molecule has 1 N–H and O–H groups in total. The van der Waals surface area contributed by atoms with Crippen molar-refractivity contribution in [2.24, 2.45) is 0 Å². The van der Waals surface area contributed by atoms with E-state index in [1.54, 1.807) is 0 Å². The summed E-state index contributed by atoms with van der Waals surface area (Å²) in [5, 5.41) is 4.08. The van der Waals surface area contributed by atoms with Gasteiger partial charge in [-0.25, -0.2) is 9.97 Å². The first-order valence-electron chi connectivity index (χ1n) is 7.22. The van der Waals surface area contributed by atoms with Gasteiger partial charge in [-0.05, 0) is 26.0 Å². The second kappa shape index (κ2) is 6.00. The monoisotopic (exact) mass is 302 g/mol. The van der Waals surface area contributed by atoms with Crippen LogP contribution in [0.4, 0.5) is 5.69 Å². The Labute approximate surface area is 130 Å². The van der Waals surface area contributed by atoms with Crippen molar-refractivity contribution >= 4 is 17.3 Å². The van der Waals surface area contributed by atoms with Crippen LogP contribution >= 0.6 is 11.6 Å². The Kier molecular flexibility index (Phi) is 4.08. The molecule has 110 valence electrons. The number of hydrogen-bond donors (Lipinski definition) is 1. The van der Waals surface area contributed by atoms with Crippen LogP contribution in [0.5, 0.6) is 0 Å². The number of nitrogens with one attached hydrogen (secondary N) is 1. The summed E-state index contributed by atoms with van der Waals surface area (Å²) in [5.41, 5.74) is 4.18. The van der Waals surface area contributed by atoms with E-state index < -0.39 is 0 Å². The van der Waals surface area contributed by atoms with E-state index in [1.165, 1.54) is 5.69 Å². The van der Waals surface area contributed by atoms with Gasteiger partial charge in [0.05, 0.1) is 17.1 Å². The third-order valence-electron chi connectivity index (χ3n) is 3.75. The highest BCUT2D eigenvalue weighted by atomic mass is 35.5. The van der Waals surface area contributed by atoms with Crippen LogP contribution in [0.15, 0.2) is 24.3 Å². The second-order valence-electron chi connectivity index (χ2n) is 5.31. The summed E-state index contributed by atoms with van der Waals surface area (Å²) in [6, 6.07) is 7.68. The van der Waals surface area contributed by atoms with Crippen molar-refractivity contribution in [2.75, 3.05) is 31.1 Å². The number of halogens is 1. The summed E-state index contributed by atoms with van der Waals surface area (Å²) in [6.45, 7) is 8.13. The Morgan fingerprint density at radius 3 is 2.38 bits per heavy atom. The maximum atomic E-state index is 6.06. The zero-order valence-electron chi connectivity index (χ0n) is 12.4. The number of anilines is 1. The fourth-order valence-electron chi connectivity index (χ4n) is 2.81. The predicted octanol–water partition coefficient (Wildman–Crippen LogP) is 2.82. The Balaban J connectivity index is 1.99. The van der Waals surface area contributed by atoms with Gasteiger partial charge < -0.3 is 10.2 Å². The van der Waals surface area contributed by atoms with Gasteiger partial charge in [0.1, 0.15) is 0 Å². The zero-order valence-corrected chi connectivity index (χ0v) is 13.1. The number of aromatic nitrogens is 2. The van der Waals surface area contributed by atoms with Crippen LogP contribution in [0.25, 0.3) is 11.4 Å². The molecular weight excluding hydrogens is 284 g/mol. The van der Waals surface area contributed by atoms with Crippen molar-refractivity contribution in [3.63, 3.8) is 0 Å². The summed E-state index contributed by atoms with van der Waals surface area (Å²) in [5.74, 6) is 0.742. The molecule has 1 fully saturated rings. The minimum atomic E-state index is 0.706. The lowest BCUT2D eigenvalue weighted by molar-refractivity contribution is 0.586. The van der Waals surface area contributed by atoms with E-state index in [1.807, 2.05) is 24.3 Å². The molecule has 1 aromatic carbocycles. The van der Waals surface area contributed by atoms with E-state index in [0.29, 0.717) is 5.02 Å². The van der Waals surface area contributed by atoms with Crippen molar-refractivity contribution < 1.29 is 0 Å². The highest BCUT2D eigenvalue weighted by Crippen LogP contribution is 2.26. The van der Waals surface area contributed by atoms with Crippen LogP contribution in [-0.4, -0.2) is 36.1 Å². The Morgan fingerprint density at radius 2 is 1.76 bits per heavy atom. The third-order valence-corrected chi connectivity index (χ3v) is 3.98. The van der Waals surface area contributed by atoms with Crippen molar-refractivity contribution in [2.45, 2.75) is 13.8 Å². The van der Waals surface area contributed by atoms with Crippen molar-refractivity contribution in [3.05, 3.63) is 40.7 Å². The van der Waals surface area contributed by atoms with Crippen molar-refractivity contribution in [3.8, 4) is 11.4 Å². The van der Waals surface area contributed by atoms with Gasteiger partial charge in [0.25, 0.3) is 0 Å². The van der Waals surface area contributed by atoms with E-state index in [-0.39, 0.29) is 0 Å². The normalized spacial score (nSPS) is 15.3. The fourth-order valence-corrected chi connectivity index (χ4v) is 3.00. The summed E-state index contributed by atoms with van der Waals surface area (Å²) >= 11 is 6.06. The summed E-state index contributed by atoms with van der Waals surface area (Å²) in [4.78, 5) is 11.7. The third kappa shape index (κ3) is 3.01. The van der Waals surface area contributed by atoms with E-state index >= 15 is 0 Å². The lowest BCUT2D eigenvalue weighted by Crippen LogP contribution is -2.44. The van der Waals surface area contributed by atoms with Gasteiger partial charge >= 0.3 is 0 Å². The first-order chi connectivity index (χ1) is 10.1. The van der Waals surface area contributed by atoms with Crippen molar-refractivity contribution in [1.82, 2.24) is 15.3 Å². The molecule has 0 saturated carbocycles. The second-order valence-corrected chi connectivity index (χ2v) is 5.75. The van der Waals surface area contributed by atoms with Gasteiger partial charge in [0.2, 0.25) is 0 Å². The molecule has 0 radical (unpaired) electrons. The topological polar surface area (TPSA) is 41.1 Å². The molecule has 4 nitrogen and oxygen atoms in total. The smallest absolute Gasteiger partial charge is 0.159 e. The number of nitrogens with zero attached hydrogens (tertiary/aromatic N) is 3. The van der Waals surface area contributed by atoms with Crippen molar-refractivity contribution in [1.29, 1.82) is 0 Å². The largest absolute Gasteiger partial charge is 0.366 e. The Morgan fingerprint density at radius 1 is 1.10 bits per heavy atom. The van der Waals surface area contributed by atoms with Gasteiger partial charge in [0.15, 0.2) is 5.82 Å². The molecule has 1 aliphatic rings. The number of hydrogen-bond acceptors (Lipinski definition) is 4. The van der Waals surface area contributed by atoms with E-state index in [4.69, 9.17) is 11.6 Å². The zero-order chi connectivity index (χ0) is 14.8. The van der Waals surface area contributed by atoms with Crippen LogP contribution in [0, 0.1) is 13.8 Å². The summed E-state index contributed by atoms with van der Waals surface area (Å²) < 4.78 is 0. The van der Waals surface area contributed by atoms with E-state index in [9.17, 15) is 0 Å². The van der Waals surface area contributed by atoms with E-state index in [0.717, 1.165) is 49.0 Å². The molecule has 1 saturated heterocycles. The summed E-state index contributed by atoms with van der Waals surface area (Å²) in [7, 11) is 0. The Hall–Kier alpha value is -1.65. The molecule has 0 bridgehead atoms. The van der Waals surface area contributed by atoms with Gasteiger partial charge in [-0.15, -0.1) is 0 Å². The first kappa shape index (κ1) is 14.3. The standard InChI is InChI=1S/C16H19ClN4/c1-11-15(21-8-6-18-7-9-21)12(2)20-16(19-11)13-4-3-5-14(17)10-13/h3-5,10,18H,6-9H2,1-2H3. The molecule has 5 heteroatoms. The molecule has 21 heavy (non-hydrogen) atoms. The molecule has 1 aliphatic heterocycles. The minimum absolute atomic E-state index is 0.706. The molecule has 2 heterocycles. The lowest BCUT2D eigenvalue weighted by Gasteiger charge is -2.31. The average molecular weight is 303 g/mol. The van der Waals surface area contributed by atoms with Crippen LogP contribution < -0.4 is 10.2 Å². The summed E-state index contributed by atoms with van der Waals surface area (Å²) in [6.07, 6.45) is 0. The minimum Gasteiger partial charge on any atom is -0.366 e. The number of benzene rings is 1. The van der Waals surface area contributed by atoms with Gasteiger partial charge in [-0.1, -0.05) is 23.7 Å². The van der Waals surface area contributed by atoms with Crippen LogP contribution in [0.1, 0.15) is 11.4 Å². The quantitative estimate of drug-likeness (QED) is 0.926. The maximum absolute atomic E-state index is 6.06. The number of rotatable bonds is 2. The number of aryl methyl sites for hydroxylation is 2. The maximum Gasteiger partial charge on any atom is 0.159 e. The van der Waals surface area contributed by atoms with Crippen LogP contribution in [0.3, 0.4) is 0 Å². The number of piperazine rings is 1. The molecule has 2 aromatic rings. The molecule has 0 unspecified atom stereocenters. The Bertz CT molecular complexity index is 627. The highest BCUT2D eigenvalue weighted by molar-refractivity contribution is 6.30. The van der Waals surface area contributed by atoms with Gasteiger partial charge in [0, 0.05) is 36.8 Å². The molecule has 0 spiro atoms. The fraction of sp³-hybridized carbons (Fsp3) is 0.375. The van der Waals surface area contributed by atoms with Gasteiger partial charge in [-0.3, -0.25) is 0 Å². The lowest BCUT2D eigenvalue weighted by atomic mass is 10.1. The molecule has 3 rings (SSSR count). The molecule has 0 aliphatic carbocycles. The van der Waals surface area contributed by atoms with Crippen LogP contribution in [-0.2, 0) is 0 Å². The predicted molar refractivity (Wildman–Crippen MR) is 87.0 cm³/mol. The molecule has 0 atom stereocenters. The molecular formula is C16H19ClN4. The van der Waals surface area contributed by atoms with Crippen LogP contribution in [0.2, 0.25) is 5.02 Å². The average Bonchev–Trinajstić information content (AvgIpc) is 2.47. The SMILES string of the molecule is Cc1nc(-c2cccc(Cl)c2)nc(C)c1N1CCNCC1. The van der Waals surface area contributed by atoms with E-state index in [2.05, 4.69) is 34.0 Å².